The number of aromatic nitrogens is 3. The molecule has 29 heavy (non-hydrogen) atoms. The van der Waals surface area contributed by atoms with Crippen molar-refractivity contribution >= 4 is 5.91 Å². The molecule has 0 spiro atoms. The Kier molecular flexibility index (Phi) is 5.38. The number of likely N-dealkylation sites (tertiary alicyclic amines) is 1. The third-order valence-electron chi connectivity index (χ3n) is 5.42. The predicted molar refractivity (Wildman–Crippen MR) is 106 cm³/mol. The van der Waals surface area contributed by atoms with E-state index in [1.165, 1.54) is 12.1 Å². The minimum atomic E-state index is -0.391. The number of rotatable bonds is 5. The third-order valence-corrected chi connectivity index (χ3v) is 5.42. The highest BCUT2D eigenvalue weighted by Crippen LogP contribution is 2.26. The molecule has 4 rings (SSSR count). The minimum absolute atomic E-state index is 0.109. The Morgan fingerprint density at radius 1 is 1.31 bits per heavy atom. The zero-order valence-electron chi connectivity index (χ0n) is 16.6. The van der Waals surface area contributed by atoms with Gasteiger partial charge >= 0.3 is 0 Å². The van der Waals surface area contributed by atoms with Crippen LogP contribution in [0.2, 0.25) is 0 Å². The first-order valence-corrected chi connectivity index (χ1v) is 9.83. The van der Waals surface area contributed by atoms with Crippen molar-refractivity contribution in [3.8, 4) is 11.3 Å². The van der Waals surface area contributed by atoms with E-state index in [4.69, 9.17) is 9.51 Å². The van der Waals surface area contributed by atoms with E-state index < -0.39 is 5.82 Å². The van der Waals surface area contributed by atoms with Gasteiger partial charge in [-0.05, 0) is 57.7 Å². The Morgan fingerprint density at radius 2 is 2.17 bits per heavy atom. The van der Waals surface area contributed by atoms with Crippen LogP contribution in [0, 0.1) is 19.7 Å². The molecule has 3 heterocycles. The van der Waals surface area contributed by atoms with Crippen LogP contribution in [-0.2, 0) is 6.42 Å². The van der Waals surface area contributed by atoms with Crippen LogP contribution < -0.4 is 0 Å². The number of carbonyl (C=O) groups is 1. The van der Waals surface area contributed by atoms with Crippen molar-refractivity contribution in [2.45, 2.75) is 45.6 Å². The van der Waals surface area contributed by atoms with Crippen LogP contribution in [0.3, 0.4) is 0 Å². The summed E-state index contributed by atoms with van der Waals surface area (Å²) in [5.74, 6) is 0.220. The van der Waals surface area contributed by atoms with Gasteiger partial charge in [0.15, 0.2) is 0 Å². The molecule has 0 bridgehead atoms. The van der Waals surface area contributed by atoms with Crippen molar-refractivity contribution in [3.63, 3.8) is 0 Å². The van der Waals surface area contributed by atoms with Gasteiger partial charge in [-0.15, -0.1) is 0 Å². The molecule has 0 radical (unpaired) electrons. The smallest absolute Gasteiger partial charge is 0.254 e. The molecule has 1 aliphatic rings. The SMILES string of the molecule is Cc1noc(C)c1-c1cncc(CCC2CCCN2C(=O)c2cccc(F)c2)n1. The van der Waals surface area contributed by atoms with Gasteiger partial charge in [0.1, 0.15) is 11.6 Å². The lowest BCUT2D eigenvalue weighted by Crippen LogP contribution is -2.35. The largest absolute Gasteiger partial charge is 0.361 e. The van der Waals surface area contributed by atoms with Gasteiger partial charge in [-0.3, -0.25) is 9.78 Å². The third kappa shape index (κ3) is 4.04. The molecule has 1 fully saturated rings. The van der Waals surface area contributed by atoms with E-state index in [2.05, 4.69) is 10.1 Å². The molecule has 1 aliphatic heterocycles. The van der Waals surface area contributed by atoms with E-state index in [0.29, 0.717) is 18.5 Å². The van der Waals surface area contributed by atoms with Crippen molar-refractivity contribution in [1.29, 1.82) is 0 Å². The molecule has 1 atom stereocenters. The van der Waals surface area contributed by atoms with Crippen molar-refractivity contribution in [3.05, 3.63) is 65.2 Å². The van der Waals surface area contributed by atoms with Gasteiger partial charge in [0, 0.05) is 24.3 Å². The Hall–Kier alpha value is -3.09. The number of carbonyl (C=O) groups excluding carboxylic acids is 1. The second-order valence-corrected chi connectivity index (χ2v) is 7.44. The fraction of sp³-hybridized carbons (Fsp3) is 0.364. The molecule has 1 amide bonds. The van der Waals surface area contributed by atoms with E-state index in [1.54, 1.807) is 24.5 Å². The summed E-state index contributed by atoms with van der Waals surface area (Å²) in [4.78, 5) is 23.7. The summed E-state index contributed by atoms with van der Waals surface area (Å²) in [6.45, 7) is 4.44. The average molecular weight is 394 g/mol. The van der Waals surface area contributed by atoms with E-state index in [0.717, 1.165) is 47.7 Å². The van der Waals surface area contributed by atoms with Crippen LogP contribution in [0.25, 0.3) is 11.3 Å². The molecule has 0 N–H and O–H groups in total. The summed E-state index contributed by atoms with van der Waals surface area (Å²) in [6, 6.07) is 6.01. The molecule has 3 aromatic rings. The maximum atomic E-state index is 13.5. The summed E-state index contributed by atoms with van der Waals surface area (Å²) in [5, 5.41) is 3.98. The number of hydrogen-bond donors (Lipinski definition) is 0. The number of halogens is 1. The molecule has 0 saturated carbocycles. The molecule has 1 unspecified atom stereocenters. The summed E-state index contributed by atoms with van der Waals surface area (Å²) in [5.41, 5.74) is 3.68. The van der Waals surface area contributed by atoms with Crippen molar-refractivity contribution in [1.82, 2.24) is 20.0 Å². The van der Waals surface area contributed by atoms with Crippen LogP contribution in [0.15, 0.2) is 41.2 Å². The standard InChI is InChI=1S/C22H23FN4O2/c1-14-21(15(2)29-26-14)20-13-24-12-18(25-20)8-9-19-7-4-10-27(19)22(28)16-5-3-6-17(23)11-16/h3,5-6,11-13,19H,4,7-10H2,1-2H3. The first-order chi connectivity index (χ1) is 14.0. The number of nitrogens with zero attached hydrogens (tertiary/aromatic N) is 4. The molecule has 150 valence electrons. The maximum Gasteiger partial charge on any atom is 0.254 e. The monoisotopic (exact) mass is 394 g/mol. The highest BCUT2D eigenvalue weighted by Gasteiger charge is 2.29. The zero-order chi connectivity index (χ0) is 20.4. The quantitative estimate of drug-likeness (QED) is 0.651. The van der Waals surface area contributed by atoms with Crippen molar-refractivity contribution in [2.24, 2.45) is 0 Å². The highest BCUT2D eigenvalue weighted by molar-refractivity contribution is 5.94. The van der Waals surface area contributed by atoms with Gasteiger partial charge < -0.3 is 9.42 Å². The van der Waals surface area contributed by atoms with E-state index in [1.807, 2.05) is 18.7 Å². The van der Waals surface area contributed by atoms with E-state index in [9.17, 15) is 9.18 Å². The Bertz CT molecular complexity index is 1010. The van der Waals surface area contributed by atoms with Crippen LogP contribution in [0.1, 0.15) is 46.8 Å². The van der Waals surface area contributed by atoms with Gasteiger partial charge in [0.25, 0.3) is 5.91 Å². The van der Waals surface area contributed by atoms with Gasteiger partial charge in [-0.25, -0.2) is 9.37 Å². The normalized spacial score (nSPS) is 16.4. The number of aryl methyl sites for hydroxylation is 3. The molecule has 6 nitrogen and oxygen atoms in total. The lowest BCUT2D eigenvalue weighted by Gasteiger charge is -2.25. The van der Waals surface area contributed by atoms with Gasteiger partial charge in [0.2, 0.25) is 0 Å². The minimum Gasteiger partial charge on any atom is -0.361 e. The molecular formula is C22H23FN4O2. The predicted octanol–water partition coefficient (Wildman–Crippen LogP) is 4.12. The zero-order valence-corrected chi connectivity index (χ0v) is 16.6. The van der Waals surface area contributed by atoms with Gasteiger partial charge in [-0.1, -0.05) is 11.2 Å². The molecule has 1 saturated heterocycles. The lowest BCUT2D eigenvalue weighted by molar-refractivity contribution is 0.0730. The van der Waals surface area contributed by atoms with Crippen molar-refractivity contribution in [2.75, 3.05) is 6.54 Å². The van der Waals surface area contributed by atoms with Crippen molar-refractivity contribution < 1.29 is 13.7 Å². The Labute approximate surface area is 168 Å². The fourth-order valence-corrected chi connectivity index (χ4v) is 4.00. The molecule has 0 aliphatic carbocycles. The molecule has 2 aromatic heterocycles. The van der Waals surface area contributed by atoms with E-state index >= 15 is 0 Å². The number of benzene rings is 1. The van der Waals surface area contributed by atoms with E-state index in [-0.39, 0.29) is 11.9 Å². The van der Waals surface area contributed by atoms with Crippen LogP contribution >= 0.6 is 0 Å². The topological polar surface area (TPSA) is 72.1 Å². The summed E-state index contributed by atoms with van der Waals surface area (Å²) in [6.07, 6.45) is 6.87. The second-order valence-electron chi connectivity index (χ2n) is 7.44. The highest BCUT2D eigenvalue weighted by atomic mass is 19.1. The molecule has 1 aromatic carbocycles. The fourth-order valence-electron chi connectivity index (χ4n) is 4.00. The van der Waals surface area contributed by atoms with Gasteiger partial charge in [0.05, 0.1) is 28.8 Å². The molecular weight excluding hydrogens is 371 g/mol. The Morgan fingerprint density at radius 3 is 2.93 bits per heavy atom. The first kappa shape index (κ1) is 19.2. The molecule has 7 heteroatoms. The average Bonchev–Trinajstić information content (AvgIpc) is 3.32. The maximum absolute atomic E-state index is 13.5. The van der Waals surface area contributed by atoms with Gasteiger partial charge in [-0.2, -0.15) is 0 Å². The summed E-state index contributed by atoms with van der Waals surface area (Å²) < 4.78 is 18.7. The summed E-state index contributed by atoms with van der Waals surface area (Å²) in [7, 11) is 0. The van der Waals surface area contributed by atoms with Crippen LogP contribution in [0.4, 0.5) is 4.39 Å². The second kappa shape index (κ2) is 8.11. The number of hydrogen-bond acceptors (Lipinski definition) is 5. The lowest BCUT2D eigenvalue weighted by atomic mass is 10.1. The Balaban J connectivity index is 1.46. The first-order valence-electron chi connectivity index (χ1n) is 9.83. The number of amides is 1. The van der Waals surface area contributed by atoms with Crippen LogP contribution in [-0.4, -0.2) is 38.5 Å². The summed E-state index contributed by atoms with van der Waals surface area (Å²) >= 11 is 0. The van der Waals surface area contributed by atoms with Crippen LogP contribution in [0.5, 0.6) is 0 Å².